The molecule has 150 valence electrons. The van der Waals surface area contributed by atoms with Crippen LogP contribution in [0.4, 0.5) is 0 Å². The molecule has 0 aliphatic carbocycles. The first-order valence-electron chi connectivity index (χ1n) is 10.2. The Labute approximate surface area is 179 Å². The van der Waals surface area contributed by atoms with Crippen LogP contribution in [0.3, 0.4) is 0 Å². The van der Waals surface area contributed by atoms with E-state index in [1.807, 2.05) is 0 Å². The number of unbranched alkanes of at least 4 members (excludes halogenated alkanes) is 2. The predicted octanol–water partition coefficient (Wildman–Crippen LogP) is 7.19. The molecule has 0 saturated heterocycles. The molecule has 2 nitrogen and oxygen atoms in total. The Hall–Kier alpha value is -1.99. The second kappa shape index (κ2) is 10.5. The van der Waals surface area contributed by atoms with Crippen molar-refractivity contribution in [3.63, 3.8) is 0 Å². The van der Waals surface area contributed by atoms with Crippen LogP contribution < -0.4 is 0 Å². The van der Waals surface area contributed by atoms with E-state index in [-0.39, 0.29) is 16.5 Å². The third-order valence-corrected chi connectivity index (χ3v) is 5.23. The van der Waals surface area contributed by atoms with E-state index in [0.717, 1.165) is 40.9 Å². The number of aryl methyl sites for hydroxylation is 2. The van der Waals surface area contributed by atoms with Gasteiger partial charge in [0.25, 0.3) is 0 Å². The van der Waals surface area contributed by atoms with Crippen LogP contribution in [0, 0.1) is 0 Å². The van der Waals surface area contributed by atoms with Gasteiger partial charge in [0.05, 0.1) is 0 Å². The Balaban J connectivity index is 0.00000280. The Kier molecular flexibility index (Phi) is 8.39. The van der Waals surface area contributed by atoms with Crippen molar-refractivity contribution in [1.82, 2.24) is 0 Å². The largest absolute Gasteiger partial charge is 0.493 e. The quantitative estimate of drug-likeness (QED) is 0.321. The number of rotatable bonds is 8. The van der Waals surface area contributed by atoms with Gasteiger partial charge >= 0.3 is 0 Å². The standard InChI is InChI=1S/C25H30N2.Ni/c1-4-6-10-20-12-8-14-22(17-20)24-16-19(3)25(27(24)26)23-15-9-13-21(18-23)11-7-5-2;/h8-9,12-18H,4-7,10-11H2,1-3H3;. The maximum atomic E-state index is 11.0. The van der Waals surface area contributed by atoms with E-state index in [1.165, 1.54) is 41.5 Å². The van der Waals surface area contributed by atoms with Gasteiger partial charge in [-0.25, -0.2) is 4.70 Å². The van der Waals surface area contributed by atoms with E-state index in [1.54, 1.807) is 0 Å². The fourth-order valence-corrected chi connectivity index (χ4v) is 3.70. The molecule has 0 saturated carbocycles. The molecular weight excluding hydrogens is 387 g/mol. The fourth-order valence-electron chi connectivity index (χ4n) is 3.70. The van der Waals surface area contributed by atoms with Crippen LogP contribution in [0.1, 0.15) is 68.7 Å². The van der Waals surface area contributed by atoms with Gasteiger partial charge in [-0.15, -0.1) is 0 Å². The minimum atomic E-state index is 0. The minimum absolute atomic E-state index is 0. The predicted molar refractivity (Wildman–Crippen MR) is 114 cm³/mol. The summed E-state index contributed by atoms with van der Waals surface area (Å²) in [6.07, 6.45) is 9.03. The second-order valence-corrected chi connectivity index (χ2v) is 7.48. The summed E-state index contributed by atoms with van der Waals surface area (Å²) in [6.45, 7) is 6.51. The fraction of sp³-hybridized carbons (Fsp3) is 0.360. The van der Waals surface area contributed by atoms with E-state index < -0.39 is 0 Å². The Morgan fingerprint density at radius 1 is 0.821 bits per heavy atom. The maximum absolute atomic E-state index is 11.0. The normalized spacial score (nSPS) is 13.5. The Morgan fingerprint density at radius 2 is 1.36 bits per heavy atom. The summed E-state index contributed by atoms with van der Waals surface area (Å²) in [5.41, 5.74) is 18.6. The molecule has 0 N–H and O–H groups in total. The zero-order valence-corrected chi connectivity index (χ0v) is 18.1. The smallest absolute Gasteiger partial charge is 0.210 e. The van der Waals surface area contributed by atoms with Gasteiger partial charge in [0.15, 0.2) is 0 Å². The first-order chi connectivity index (χ1) is 13.1. The number of hydrogen-bond acceptors (Lipinski definition) is 0. The third kappa shape index (κ3) is 5.08. The average Bonchev–Trinajstić information content (AvgIpc) is 2.99. The molecule has 0 aromatic heterocycles. The number of benzene rings is 2. The van der Waals surface area contributed by atoms with Crippen molar-refractivity contribution in [3.8, 4) is 0 Å². The van der Waals surface area contributed by atoms with Gasteiger partial charge in [0, 0.05) is 39.3 Å². The van der Waals surface area contributed by atoms with Gasteiger partial charge in [-0.2, -0.15) is 0 Å². The molecule has 1 aliphatic rings. The van der Waals surface area contributed by atoms with Gasteiger partial charge in [-0.3, -0.25) is 0 Å². The molecule has 0 spiro atoms. The molecule has 3 heteroatoms. The molecular formula is C25H30N2Ni. The summed E-state index contributed by atoms with van der Waals surface area (Å²) in [5, 5.41) is 0. The molecule has 2 aromatic rings. The summed E-state index contributed by atoms with van der Waals surface area (Å²) in [5.74, 6) is 0. The summed E-state index contributed by atoms with van der Waals surface area (Å²) in [6, 6.07) is 17.1. The molecule has 0 fully saturated rings. The Morgan fingerprint density at radius 3 is 1.93 bits per heavy atom. The van der Waals surface area contributed by atoms with Crippen molar-refractivity contribution < 1.29 is 21.2 Å². The van der Waals surface area contributed by atoms with Gasteiger partial charge in [0.2, 0.25) is 11.4 Å². The number of allylic oxidation sites excluding steroid dienone is 2. The topological polar surface area (TPSA) is 25.3 Å². The van der Waals surface area contributed by atoms with Crippen LogP contribution in [0.5, 0.6) is 0 Å². The van der Waals surface area contributed by atoms with Gasteiger partial charge < -0.3 is 5.53 Å². The van der Waals surface area contributed by atoms with E-state index in [4.69, 9.17) is 0 Å². The van der Waals surface area contributed by atoms with Crippen LogP contribution in [0.2, 0.25) is 0 Å². The second-order valence-electron chi connectivity index (χ2n) is 7.48. The van der Waals surface area contributed by atoms with E-state index in [2.05, 4.69) is 75.4 Å². The third-order valence-electron chi connectivity index (χ3n) is 5.23. The molecule has 0 atom stereocenters. The minimum Gasteiger partial charge on any atom is -0.493 e. The van der Waals surface area contributed by atoms with Crippen molar-refractivity contribution in [3.05, 3.63) is 88.0 Å². The molecule has 0 amide bonds. The molecule has 0 unspecified atom stereocenters. The summed E-state index contributed by atoms with van der Waals surface area (Å²) < 4.78 is 1.37. The molecule has 28 heavy (non-hydrogen) atoms. The van der Waals surface area contributed by atoms with Crippen molar-refractivity contribution in [2.75, 3.05) is 0 Å². The molecule has 1 aliphatic heterocycles. The zero-order chi connectivity index (χ0) is 19.2. The van der Waals surface area contributed by atoms with Crippen molar-refractivity contribution in [2.24, 2.45) is 0 Å². The average molecular weight is 417 g/mol. The molecule has 1 heterocycles. The van der Waals surface area contributed by atoms with Crippen molar-refractivity contribution >= 4 is 11.4 Å². The Bertz CT molecular complexity index is 893. The van der Waals surface area contributed by atoms with Crippen molar-refractivity contribution in [2.45, 2.75) is 59.3 Å². The summed E-state index contributed by atoms with van der Waals surface area (Å²) >= 11 is 0. The first-order valence-corrected chi connectivity index (χ1v) is 10.2. The monoisotopic (exact) mass is 416 g/mol. The number of hydrogen-bond donors (Lipinski definition) is 0. The van der Waals surface area contributed by atoms with Crippen LogP contribution >= 0.6 is 0 Å². The first kappa shape index (κ1) is 22.3. The van der Waals surface area contributed by atoms with Gasteiger partial charge in [-0.05, 0) is 68.0 Å². The van der Waals surface area contributed by atoms with E-state index in [0.29, 0.717) is 0 Å². The zero-order valence-electron chi connectivity index (χ0n) is 17.1. The van der Waals surface area contributed by atoms with E-state index >= 15 is 0 Å². The van der Waals surface area contributed by atoms with Crippen LogP contribution in [0.25, 0.3) is 16.9 Å². The van der Waals surface area contributed by atoms with Crippen LogP contribution in [-0.4, -0.2) is 4.70 Å². The van der Waals surface area contributed by atoms with Gasteiger partial charge in [0.1, 0.15) is 0 Å². The summed E-state index contributed by atoms with van der Waals surface area (Å²) in [4.78, 5) is 0. The van der Waals surface area contributed by atoms with Crippen LogP contribution in [0.15, 0.2) is 60.2 Å². The molecule has 2 aromatic carbocycles. The maximum Gasteiger partial charge on any atom is 0.210 e. The SMILES string of the molecule is CCCCc1cccc(C2=CC(C)=C(c3cccc(CCCC)c3)[N+]2=[N-])c1.[Ni]. The molecule has 0 bridgehead atoms. The van der Waals surface area contributed by atoms with Crippen LogP contribution in [-0.2, 0) is 29.3 Å². The molecule has 0 radical (unpaired) electrons. The number of nitrogens with zero attached hydrogens (tertiary/aromatic N) is 2. The van der Waals surface area contributed by atoms with E-state index in [9.17, 15) is 5.53 Å². The molecule has 3 rings (SSSR count). The van der Waals surface area contributed by atoms with Gasteiger partial charge in [-0.1, -0.05) is 51.0 Å². The van der Waals surface area contributed by atoms with Crippen molar-refractivity contribution in [1.29, 1.82) is 0 Å². The summed E-state index contributed by atoms with van der Waals surface area (Å²) in [7, 11) is 0.